The fourth-order valence-corrected chi connectivity index (χ4v) is 1.18. The molecule has 84 valence electrons. The number of rotatable bonds is 5. The van der Waals surface area contributed by atoms with Crippen molar-refractivity contribution in [2.75, 3.05) is 18.5 Å². The first kappa shape index (κ1) is 12.0. The lowest BCUT2D eigenvalue weighted by atomic mass is 10.2. The Morgan fingerprint density at radius 1 is 1.62 bits per heavy atom. The van der Waals surface area contributed by atoms with Gasteiger partial charge in [0.25, 0.3) is 0 Å². The molecular weight excluding hydrogens is 204 g/mol. The van der Waals surface area contributed by atoms with Crippen molar-refractivity contribution < 1.29 is 9.90 Å². The fraction of sp³-hybridized carbons (Fsp3) is 0.167. The van der Waals surface area contributed by atoms with Crippen LogP contribution in [0.5, 0.6) is 0 Å². The van der Waals surface area contributed by atoms with Crippen molar-refractivity contribution in [1.29, 1.82) is 0 Å². The van der Waals surface area contributed by atoms with Crippen LogP contribution in [0, 0.1) is 0 Å². The van der Waals surface area contributed by atoms with Crippen molar-refractivity contribution in [1.82, 2.24) is 4.98 Å². The van der Waals surface area contributed by atoms with Crippen LogP contribution in [0.4, 0.5) is 5.82 Å². The standard InChI is InChI=1S/C12H14N2O2/c1-3-8-14(2)11-6-4-10(9-13-11)5-7-12(15)16/h3-7,9H,1,8H2,2H3,(H,15,16)/b7-5+. The van der Waals surface area contributed by atoms with Crippen LogP contribution in [-0.4, -0.2) is 29.7 Å². The third-order valence-electron chi connectivity index (χ3n) is 1.98. The number of anilines is 1. The van der Waals surface area contributed by atoms with E-state index in [1.165, 1.54) is 6.08 Å². The van der Waals surface area contributed by atoms with Crippen LogP contribution in [0.3, 0.4) is 0 Å². The SMILES string of the molecule is C=CCN(C)c1ccc(/C=C/C(=O)O)cn1. The number of nitrogens with zero attached hydrogens (tertiary/aromatic N) is 2. The number of likely N-dealkylation sites (N-methyl/N-ethyl adjacent to an activating group) is 1. The van der Waals surface area contributed by atoms with Crippen molar-refractivity contribution in [3.05, 3.63) is 42.6 Å². The largest absolute Gasteiger partial charge is 0.478 e. The lowest BCUT2D eigenvalue weighted by molar-refractivity contribution is -0.131. The summed E-state index contributed by atoms with van der Waals surface area (Å²) < 4.78 is 0. The Hall–Kier alpha value is -2.10. The van der Waals surface area contributed by atoms with Gasteiger partial charge in [-0.15, -0.1) is 6.58 Å². The molecule has 1 aromatic heterocycles. The second kappa shape index (κ2) is 5.70. The predicted octanol–water partition coefficient (Wildman–Crippen LogP) is 1.80. The van der Waals surface area contributed by atoms with Gasteiger partial charge in [-0.3, -0.25) is 0 Å². The van der Waals surface area contributed by atoms with E-state index >= 15 is 0 Å². The Balaban J connectivity index is 2.74. The van der Waals surface area contributed by atoms with E-state index in [1.807, 2.05) is 24.1 Å². The first-order chi connectivity index (χ1) is 7.63. The van der Waals surface area contributed by atoms with Gasteiger partial charge in [-0.25, -0.2) is 9.78 Å². The Kier molecular flexibility index (Phi) is 4.27. The van der Waals surface area contributed by atoms with Gasteiger partial charge < -0.3 is 10.0 Å². The Labute approximate surface area is 94.5 Å². The highest BCUT2D eigenvalue weighted by atomic mass is 16.4. The molecule has 1 aromatic rings. The second-order valence-corrected chi connectivity index (χ2v) is 3.29. The van der Waals surface area contributed by atoms with Gasteiger partial charge in [0.2, 0.25) is 0 Å². The summed E-state index contributed by atoms with van der Waals surface area (Å²) in [5, 5.41) is 8.46. The molecule has 0 bridgehead atoms. The van der Waals surface area contributed by atoms with Gasteiger partial charge in [-0.1, -0.05) is 6.08 Å². The number of aliphatic carboxylic acids is 1. The van der Waals surface area contributed by atoms with Crippen LogP contribution in [-0.2, 0) is 4.79 Å². The van der Waals surface area contributed by atoms with Crippen molar-refractivity contribution in [2.45, 2.75) is 0 Å². The van der Waals surface area contributed by atoms with Crippen LogP contribution in [0.15, 0.2) is 37.1 Å². The van der Waals surface area contributed by atoms with Crippen LogP contribution in [0.25, 0.3) is 6.08 Å². The average Bonchev–Trinajstić information content (AvgIpc) is 2.27. The molecule has 0 aliphatic rings. The molecule has 0 spiro atoms. The Morgan fingerprint density at radius 3 is 2.88 bits per heavy atom. The molecule has 0 saturated heterocycles. The van der Waals surface area contributed by atoms with Crippen molar-refractivity contribution >= 4 is 17.9 Å². The molecular formula is C12H14N2O2. The van der Waals surface area contributed by atoms with E-state index in [4.69, 9.17) is 5.11 Å². The number of carbonyl (C=O) groups is 1. The van der Waals surface area contributed by atoms with Gasteiger partial charge in [-0.2, -0.15) is 0 Å². The topological polar surface area (TPSA) is 53.4 Å². The van der Waals surface area contributed by atoms with E-state index in [0.29, 0.717) is 0 Å². The maximum Gasteiger partial charge on any atom is 0.328 e. The molecule has 0 saturated carbocycles. The molecule has 1 N–H and O–H groups in total. The summed E-state index contributed by atoms with van der Waals surface area (Å²) in [5.41, 5.74) is 0.762. The number of carboxylic acid groups (broad SMARTS) is 1. The Morgan fingerprint density at radius 2 is 2.38 bits per heavy atom. The first-order valence-electron chi connectivity index (χ1n) is 4.82. The molecule has 16 heavy (non-hydrogen) atoms. The lowest BCUT2D eigenvalue weighted by Gasteiger charge is -2.15. The van der Waals surface area contributed by atoms with Gasteiger partial charge in [0.1, 0.15) is 5.82 Å². The average molecular weight is 218 g/mol. The molecule has 0 aliphatic carbocycles. The highest BCUT2D eigenvalue weighted by molar-refractivity contribution is 5.85. The lowest BCUT2D eigenvalue weighted by Crippen LogP contribution is -2.17. The van der Waals surface area contributed by atoms with Gasteiger partial charge >= 0.3 is 5.97 Å². The molecule has 4 nitrogen and oxygen atoms in total. The zero-order valence-electron chi connectivity index (χ0n) is 9.13. The number of carboxylic acids is 1. The van der Waals surface area contributed by atoms with E-state index in [-0.39, 0.29) is 0 Å². The van der Waals surface area contributed by atoms with Crippen molar-refractivity contribution in [3.8, 4) is 0 Å². The monoisotopic (exact) mass is 218 g/mol. The highest BCUT2D eigenvalue weighted by Gasteiger charge is 1.99. The van der Waals surface area contributed by atoms with Crippen LogP contribution in [0.2, 0.25) is 0 Å². The second-order valence-electron chi connectivity index (χ2n) is 3.29. The minimum absolute atomic E-state index is 0.720. The zero-order valence-corrected chi connectivity index (χ0v) is 9.13. The number of pyridine rings is 1. The van der Waals surface area contributed by atoms with Crippen molar-refractivity contribution in [3.63, 3.8) is 0 Å². The Bertz CT molecular complexity index is 396. The highest BCUT2D eigenvalue weighted by Crippen LogP contribution is 2.10. The molecule has 0 fully saturated rings. The minimum atomic E-state index is -0.965. The van der Waals surface area contributed by atoms with Gasteiger partial charge in [-0.05, 0) is 23.8 Å². The maximum absolute atomic E-state index is 10.3. The van der Waals surface area contributed by atoms with Gasteiger partial charge in [0.05, 0.1) is 0 Å². The molecule has 0 atom stereocenters. The quantitative estimate of drug-likeness (QED) is 0.605. The maximum atomic E-state index is 10.3. The van der Waals surface area contributed by atoms with Crippen LogP contribution >= 0.6 is 0 Å². The summed E-state index contributed by atoms with van der Waals surface area (Å²) in [6.45, 7) is 4.37. The van der Waals surface area contributed by atoms with Crippen LogP contribution < -0.4 is 4.90 Å². The molecule has 1 rings (SSSR count). The summed E-state index contributed by atoms with van der Waals surface area (Å²) >= 11 is 0. The smallest absolute Gasteiger partial charge is 0.328 e. The summed E-state index contributed by atoms with van der Waals surface area (Å²) in [5.74, 6) is -0.139. The molecule has 0 amide bonds. The first-order valence-corrected chi connectivity index (χ1v) is 4.82. The molecule has 0 aromatic carbocycles. The summed E-state index contributed by atoms with van der Waals surface area (Å²) in [6, 6.07) is 3.66. The third kappa shape index (κ3) is 3.57. The van der Waals surface area contributed by atoms with Gasteiger partial charge in [0.15, 0.2) is 0 Å². The van der Waals surface area contributed by atoms with Crippen LogP contribution in [0.1, 0.15) is 5.56 Å². The zero-order chi connectivity index (χ0) is 12.0. The van der Waals surface area contributed by atoms with E-state index < -0.39 is 5.97 Å². The fourth-order valence-electron chi connectivity index (χ4n) is 1.18. The molecule has 0 aliphatic heterocycles. The van der Waals surface area contributed by atoms with E-state index in [9.17, 15) is 4.79 Å². The molecule has 1 heterocycles. The normalized spacial score (nSPS) is 10.3. The third-order valence-corrected chi connectivity index (χ3v) is 1.98. The summed E-state index contributed by atoms with van der Waals surface area (Å²) in [4.78, 5) is 16.5. The van der Waals surface area contributed by atoms with E-state index in [0.717, 1.165) is 24.0 Å². The number of aromatic nitrogens is 1. The number of hydrogen-bond donors (Lipinski definition) is 1. The van der Waals surface area contributed by atoms with Crippen molar-refractivity contribution in [2.24, 2.45) is 0 Å². The summed E-state index contributed by atoms with van der Waals surface area (Å²) in [6.07, 6.45) is 6.02. The molecule has 0 radical (unpaired) electrons. The van der Waals surface area contributed by atoms with E-state index in [1.54, 1.807) is 12.3 Å². The van der Waals surface area contributed by atoms with Gasteiger partial charge in [0, 0.05) is 25.9 Å². The van der Waals surface area contributed by atoms with E-state index in [2.05, 4.69) is 11.6 Å². The molecule has 4 heteroatoms. The number of hydrogen-bond acceptors (Lipinski definition) is 3. The predicted molar refractivity (Wildman–Crippen MR) is 64.4 cm³/mol. The summed E-state index contributed by atoms with van der Waals surface area (Å²) in [7, 11) is 1.91. The minimum Gasteiger partial charge on any atom is -0.478 e. The molecule has 0 unspecified atom stereocenters.